The van der Waals surface area contributed by atoms with Gasteiger partial charge in [0, 0.05) is 36.3 Å². The van der Waals surface area contributed by atoms with Gasteiger partial charge in [0.2, 0.25) is 0 Å². The second-order valence-corrected chi connectivity index (χ2v) is 5.53. The Balaban J connectivity index is 2.22. The minimum atomic E-state index is -0.732. The molecule has 1 heterocycles. The highest BCUT2D eigenvalue weighted by Gasteiger charge is 2.24. The quantitative estimate of drug-likeness (QED) is 0.875. The summed E-state index contributed by atoms with van der Waals surface area (Å²) in [7, 11) is 0. The van der Waals surface area contributed by atoms with Crippen molar-refractivity contribution in [1.29, 1.82) is 0 Å². The van der Waals surface area contributed by atoms with Crippen LogP contribution < -0.4 is 10.2 Å². The zero-order valence-corrected chi connectivity index (χ0v) is 11.9. The van der Waals surface area contributed by atoms with Crippen molar-refractivity contribution in [1.82, 2.24) is 5.32 Å². The van der Waals surface area contributed by atoms with Crippen LogP contribution in [-0.2, 0) is 4.79 Å². The molecule has 5 heteroatoms. The molecule has 0 saturated carbocycles. The van der Waals surface area contributed by atoms with Crippen LogP contribution in [-0.4, -0.2) is 37.3 Å². The summed E-state index contributed by atoms with van der Waals surface area (Å²) in [6.07, 6.45) is 0. The fraction of sp³-hybridized carbons (Fsp3) is 0.462. The number of aryl methyl sites for hydroxylation is 1. The molecule has 1 aliphatic rings. The molecule has 1 aromatic carbocycles. The molecule has 1 unspecified atom stereocenters. The van der Waals surface area contributed by atoms with Crippen LogP contribution >= 0.6 is 15.9 Å². The number of nitrogens with zero attached hydrogens (tertiary/aromatic N) is 1. The molecule has 0 aromatic heterocycles. The van der Waals surface area contributed by atoms with Gasteiger partial charge in [0.15, 0.2) is 0 Å². The third-order valence-corrected chi connectivity index (χ3v) is 3.73. The number of aliphatic carboxylic acids is 1. The van der Waals surface area contributed by atoms with Gasteiger partial charge in [-0.2, -0.15) is 0 Å². The predicted molar refractivity (Wildman–Crippen MR) is 75.1 cm³/mol. The molecule has 2 rings (SSSR count). The van der Waals surface area contributed by atoms with Crippen LogP contribution in [0.15, 0.2) is 22.7 Å². The van der Waals surface area contributed by atoms with Gasteiger partial charge in [-0.1, -0.05) is 15.9 Å². The normalized spacial score (nSPS) is 20.6. The maximum atomic E-state index is 11.1. The van der Waals surface area contributed by atoms with E-state index in [2.05, 4.69) is 32.2 Å². The van der Waals surface area contributed by atoms with Crippen LogP contribution in [0.3, 0.4) is 0 Å². The molecular weight excluding hydrogens is 296 g/mol. The van der Waals surface area contributed by atoms with E-state index < -0.39 is 5.97 Å². The second-order valence-electron chi connectivity index (χ2n) is 4.62. The van der Waals surface area contributed by atoms with Gasteiger partial charge in [0.05, 0.1) is 5.92 Å². The Morgan fingerprint density at radius 2 is 2.33 bits per heavy atom. The van der Waals surface area contributed by atoms with Crippen molar-refractivity contribution in [2.45, 2.75) is 6.92 Å². The molecule has 1 aromatic rings. The van der Waals surface area contributed by atoms with Gasteiger partial charge in [0.25, 0.3) is 0 Å². The Morgan fingerprint density at radius 1 is 1.56 bits per heavy atom. The Labute approximate surface area is 115 Å². The number of carbonyl (C=O) groups is 1. The molecule has 18 heavy (non-hydrogen) atoms. The van der Waals surface area contributed by atoms with E-state index in [9.17, 15) is 4.79 Å². The number of carboxylic acids is 1. The number of anilines is 1. The molecule has 1 atom stereocenters. The van der Waals surface area contributed by atoms with Gasteiger partial charge in [-0.3, -0.25) is 4.79 Å². The minimum absolute atomic E-state index is 0.351. The smallest absolute Gasteiger partial charge is 0.309 e. The fourth-order valence-corrected chi connectivity index (χ4v) is 2.75. The highest BCUT2D eigenvalue weighted by molar-refractivity contribution is 9.10. The summed E-state index contributed by atoms with van der Waals surface area (Å²) < 4.78 is 1.05. The molecule has 1 saturated heterocycles. The lowest BCUT2D eigenvalue weighted by Crippen LogP contribution is -2.34. The number of hydrogen-bond acceptors (Lipinski definition) is 3. The zero-order valence-electron chi connectivity index (χ0n) is 10.3. The van der Waals surface area contributed by atoms with Crippen molar-refractivity contribution in [3.63, 3.8) is 0 Å². The van der Waals surface area contributed by atoms with Gasteiger partial charge in [-0.25, -0.2) is 0 Å². The summed E-state index contributed by atoms with van der Waals surface area (Å²) in [6.45, 7) is 4.81. The third-order valence-electron chi connectivity index (χ3n) is 3.24. The Kier molecular flexibility index (Phi) is 4.24. The van der Waals surface area contributed by atoms with Crippen LogP contribution in [0, 0.1) is 12.8 Å². The van der Waals surface area contributed by atoms with Crippen LogP contribution in [0.5, 0.6) is 0 Å². The molecule has 0 bridgehead atoms. The molecule has 4 nitrogen and oxygen atoms in total. The predicted octanol–water partition coefficient (Wildman–Crippen LogP) is 1.87. The molecule has 0 amide bonds. The Morgan fingerprint density at radius 3 is 3.00 bits per heavy atom. The molecule has 0 spiro atoms. The summed E-state index contributed by atoms with van der Waals surface area (Å²) in [6, 6.07) is 6.10. The van der Waals surface area contributed by atoms with Crippen molar-refractivity contribution >= 4 is 27.6 Å². The van der Waals surface area contributed by atoms with Gasteiger partial charge in [-0.05, 0) is 30.7 Å². The molecule has 2 N–H and O–H groups in total. The molecule has 1 aliphatic heterocycles. The summed E-state index contributed by atoms with van der Waals surface area (Å²) in [5.74, 6) is -1.08. The first-order chi connectivity index (χ1) is 8.58. The van der Waals surface area contributed by atoms with E-state index in [4.69, 9.17) is 5.11 Å². The minimum Gasteiger partial charge on any atom is -0.481 e. The molecule has 98 valence electrons. The molecule has 0 aliphatic carbocycles. The monoisotopic (exact) mass is 312 g/mol. The largest absolute Gasteiger partial charge is 0.481 e. The van der Waals surface area contributed by atoms with Crippen LogP contribution in [0.25, 0.3) is 0 Å². The average molecular weight is 313 g/mol. The van der Waals surface area contributed by atoms with Crippen LogP contribution in [0.1, 0.15) is 5.56 Å². The van der Waals surface area contributed by atoms with Crippen molar-refractivity contribution in [2.24, 2.45) is 5.92 Å². The van der Waals surface area contributed by atoms with E-state index in [0.717, 1.165) is 28.8 Å². The molecule has 0 radical (unpaired) electrons. The van der Waals surface area contributed by atoms with Crippen LogP contribution in [0.2, 0.25) is 0 Å². The Bertz CT molecular complexity index is 451. The standard InChI is InChI=1S/C13H17BrN2O2/c1-9-6-11(14)2-3-12(9)16-5-4-15-7-10(8-16)13(17)18/h2-3,6,10,15H,4-5,7-8H2,1H3,(H,17,18). The van der Waals surface area contributed by atoms with Crippen LogP contribution in [0.4, 0.5) is 5.69 Å². The van der Waals surface area contributed by atoms with E-state index >= 15 is 0 Å². The number of hydrogen-bond donors (Lipinski definition) is 2. The van der Waals surface area contributed by atoms with E-state index in [-0.39, 0.29) is 5.92 Å². The zero-order chi connectivity index (χ0) is 13.1. The summed E-state index contributed by atoms with van der Waals surface area (Å²) in [4.78, 5) is 13.3. The number of nitrogens with one attached hydrogen (secondary N) is 1. The highest BCUT2D eigenvalue weighted by Crippen LogP contribution is 2.25. The lowest BCUT2D eigenvalue weighted by Gasteiger charge is -2.26. The lowest BCUT2D eigenvalue weighted by atomic mass is 10.1. The molecular formula is C13H17BrN2O2. The van der Waals surface area contributed by atoms with Gasteiger partial charge < -0.3 is 15.3 Å². The first-order valence-corrected chi connectivity index (χ1v) is 6.82. The first kappa shape index (κ1) is 13.4. The van der Waals surface area contributed by atoms with Gasteiger partial charge in [0.1, 0.15) is 0 Å². The summed E-state index contributed by atoms with van der Waals surface area (Å²) >= 11 is 3.45. The van der Waals surface area contributed by atoms with E-state index in [1.54, 1.807) is 0 Å². The molecule has 1 fully saturated rings. The topological polar surface area (TPSA) is 52.6 Å². The van der Waals surface area contributed by atoms with E-state index in [0.29, 0.717) is 13.1 Å². The lowest BCUT2D eigenvalue weighted by molar-refractivity contribution is -0.141. The first-order valence-electron chi connectivity index (χ1n) is 6.02. The van der Waals surface area contributed by atoms with E-state index in [1.165, 1.54) is 0 Å². The SMILES string of the molecule is Cc1cc(Br)ccc1N1CCNCC(C(=O)O)C1. The fourth-order valence-electron chi connectivity index (χ4n) is 2.27. The number of carboxylic acid groups (broad SMARTS) is 1. The number of benzene rings is 1. The second kappa shape index (κ2) is 5.71. The van der Waals surface area contributed by atoms with Crippen molar-refractivity contribution in [3.05, 3.63) is 28.2 Å². The summed E-state index contributed by atoms with van der Waals surface area (Å²) in [5.41, 5.74) is 2.28. The van der Waals surface area contributed by atoms with Crippen molar-refractivity contribution in [2.75, 3.05) is 31.1 Å². The summed E-state index contributed by atoms with van der Waals surface area (Å²) in [5, 5.41) is 12.3. The van der Waals surface area contributed by atoms with Gasteiger partial charge in [-0.15, -0.1) is 0 Å². The van der Waals surface area contributed by atoms with Crippen molar-refractivity contribution < 1.29 is 9.90 Å². The van der Waals surface area contributed by atoms with Crippen molar-refractivity contribution in [3.8, 4) is 0 Å². The number of halogens is 1. The maximum absolute atomic E-state index is 11.1. The maximum Gasteiger partial charge on any atom is 0.309 e. The third kappa shape index (κ3) is 3.03. The average Bonchev–Trinajstić information content (AvgIpc) is 2.54. The van der Waals surface area contributed by atoms with Gasteiger partial charge >= 0.3 is 5.97 Å². The highest BCUT2D eigenvalue weighted by atomic mass is 79.9. The Hall–Kier alpha value is -1.07. The van der Waals surface area contributed by atoms with E-state index in [1.807, 2.05) is 19.1 Å². The number of rotatable bonds is 2.